The fourth-order valence-corrected chi connectivity index (χ4v) is 3.84. The van der Waals surface area contributed by atoms with E-state index in [1.165, 1.54) is 0 Å². The minimum absolute atomic E-state index is 0.0441. The molecule has 0 aliphatic carbocycles. The third-order valence-electron chi connectivity index (χ3n) is 5.18. The molecule has 0 amide bonds. The van der Waals surface area contributed by atoms with Gasteiger partial charge in [-0.3, -0.25) is 0 Å². The summed E-state index contributed by atoms with van der Waals surface area (Å²) in [7, 11) is 1.67. The topological polar surface area (TPSA) is 65.8 Å². The van der Waals surface area contributed by atoms with Gasteiger partial charge in [-0.15, -0.1) is 0 Å². The van der Waals surface area contributed by atoms with Crippen LogP contribution in [0.1, 0.15) is 19.3 Å². The summed E-state index contributed by atoms with van der Waals surface area (Å²) in [6, 6.07) is 9.64. The molecule has 2 N–H and O–H groups in total. The van der Waals surface area contributed by atoms with E-state index in [1.807, 2.05) is 30.3 Å². The fourth-order valence-electron chi connectivity index (χ4n) is 3.65. The third kappa shape index (κ3) is 3.90. The number of benzene rings is 1. The number of aromatic nitrogens is 1. The SMILES string of the molecule is COCCC[C@@]1(CO)CN(c2ccc3cc(Cl)ccc3n2)CC[C@H]1O. The molecule has 25 heavy (non-hydrogen) atoms. The Hall–Kier alpha value is -1.40. The summed E-state index contributed by atoms with van der Waals surface area (Å²) in [5.74, 6) is 0.867. The largest absolute Gasteiger partial charge is 0.396 e. The zero-order chi connectivity index (χ0) is 17.9. The average molecular weight is 365 g/mol. The highest BCUT2D eigenvalue weighted by molar-refractivity contribution is 6.31. The number of pyridine rings is 1. The molecule has 0 bridgehead atoms. The van der Waals surface area contributed by atoms with Crippen molar-refractivity contribution in [2.45, 2.75) is 25.4 Å². The molecule has 1 aromatic carbocycles. The molecule has 0 saturated carbocycles. The lowest BCUT2D eigenvalue weighted by molar-refractivity contribution is -0.0388. The summed E-state index contributed by atoms with van der Waals surface area (Å²) in [5.41, 5.74) is 0.356. The van der Waals surface area contributed by atoms with Gasteiger partial charge in [0.05, 0.1) is 18.2 Å². The van der Waals surface area contributed by atoms with Crippen LogP contribution in [0, 0.1) is 5.41 Å². The lowest BCUT2D eigenvalue weighted by Gasteiger charge is -2.46. The number of hydrogen-bond acceptors (Lipinski definition) is 5. The van der Waals surface area contributed by atoms with Gasteiger partial charge in [-0.1, -0.05) is 11.6 Å². The number of piperidine rings is 1. The molecule has 1 saturated heterocycles. The Balaban J connectivity index is 1.83. The maximum Gasteiger partial charge on any atom is 0.129 e. The van der Waals surface area contributed by atoms with Gasteiger partial charge in [0, 0.05) is 42.6 Å². The summed E-state index contributed by atoms with van der Waals surface area (Å²) < 4.78 is 5.13. The van der Waals surface area contributed by atoms with Crippen LogP contribution in [0.15, 0.2) is 30.3 Å². The summed E-state index contributed by atoms with van der Waals surface area (Å²) in [6.07, 6.45) is 1.64. The van der Waals surface area contributed by atoms with Crippen LogP contribution in [-0.2, 0) is 4.74 Å². The molecule has 0 radical (unpaired) electrons. The predicted octanol–water partition coefficient (Wildman–Crippen LogP) is 2.86. The molecule has 6 heteroatoms. The molecule has 136 valence electrons. The Morgan fingerprint density at radius 3 is 2.96 bits per heavy atom. The zero-order valence-electron chi connectivity index (χ0n) is 14.5. The van der Waals surface area contributed by atoms with Gasteiger partial charge in [-0.2, -0.15) is 0 Å². The Kier molecular flexibility index (Phi) is 5.79. The van der Waals surface area contributed by atoms with Gasteiger partial charge in [0.2, 0.25) is 0 Å². The number of nitrogens with zero attached hydrogens (tertiary/aromatic N) is 2. The van der Waals surface area contributed by atoms with E-state index in [4.69, 9.17) is 21.3 Å². The number of aliphatic hydroxyl groups is 2. The Labute approximate surface area is 153 Å². The monoisotopic (exact) mass is 364 g/mol. The fraction of sp³-hybridized carbons (Fsp3) is 0.526. The number of aliphatic hydroxyl groups excluding tert-OH is 2. The Morgan fingerprint density at radius 2 is 2.20 bits per heavy atom. The smallest absolute Gasteiger partial charge is 0.129 e. The van der Waals surface area contributed by atoms with Crippen molar-refractivity contribution in [1.82, 2.24) is 4.98 Å². The van der Waals surface area contributed by atoms with Gasteiger partial charge in [-0.25, -0.2) is 4.98 Å². The Morgan fingerprint density at radius 1 is 1.36 bits per heavy atom. The molecule has 1 aliphatic rings. The zero-order valence-corrected chi connectivity index (χ0v) is 15.2. The maximum absolute atomic E-state index is 10.5. The molecule has 5 nitrogen and oxygen atoms in total. The van der Waals surface area contributed by atoms with Crippen molar-refractivity contribution in [1.29, 1.82) is 0 Å². The van der Waals surface area contributed by atoms with Crippen LogP contribution in [0.3, 0.4) is 0 Å². The molecule has 1 aliphatic heterocycles. The van der Waals surface area contributed by atoms with Crippen LogP contribution >= 0.6 is 11.6 Å². The summed E-state index contributed by atoms with van der Waals surface area (Å²) in [4.78, 5) is 6.90. The molecule has 3 rings (SSSR count). The first-order valence-corrected chi connectivity index (χ1v) is 9.05. The van der Waals surface area contributed by atoms with E-state index in [1.54, 1.807) is 7.11 Å². The van der Waals surface area contributed by atoms with E-state index in [2.05, 4.69) is 4.90 Å². The average Bonchev–Trinajstić information content (AvgIpc) is 2.63. The number of ether oxygens (including phenoxy) is 1. The minimum Gasteiger partial charge on any atom is -0.396 e. The molecular weight excluding hydrogens is 340 g/mol. The number of methoxy groups -OCH3 is 1. The second kappa shape index (κ2) is 7.87. The van der Waals surface area contributed by atoms with Crippen molar-refractivity contribution in [3.63, 3.8) is 0 Å². The van der Waals surface area contributed by atoms with E-state index in [-0.39, 0.29) is 6.61 Å². The van der Waals surface area contributed by atoms with Gasteiger partial charge >= 0.3 is 0 Å². The highest BCUT2D eigenvalue weighted by Crippen LogP contribution is 2.36. The van der Waals surface area contributed by atoms with Crippen LogP contribution in [0.5, 0.6) is 0 Å². The van der Waals surface area contributed by atoms with Crippen molar-refractivity contribution in [2.24, 2.45) is 5.41 Å². The van der Waals surface area contributed by atoms with Crippen molar-refractivity contribution in [2.75, 3.05) is 38.3 Å². The second-order valence-corrected chi connectivity index (χ2v) is 7.29. The normalized spacial score (nSPS) is 24.0. The van der Waals surface area contributed by atoms with Crippen LogP contribution in [0.2, 0.25) is 5.02 Å². The van der Waals surface area contributed by atoms with E-state index in [9.17, 15) is 10.2 Å². The molecule has 0 spiro atoms. The highest BCUT2D eigenvalue weighted by atomic mass is 35.5. The quantitative estimate of drug-likeness (QED) is 0.771. The van der Waals surface area contributed by atoms with Gasteiger partial charge in [0.15, 0.2) is 0 Å². The summed E-state index contributed by atoms with van der Waals surface area (Å²) in [5, 5.41) is 22.2. The lowest BCUT2D eigenvalue weighted by atomic mass is 9.74. The van der Waals surface area contributed by atoms with E-state index < -0.39 is 11.5 Å². The van der Waals surface area contributed by atoms with Gasteiger partial charge < -0.3 is 19.8 Å². The first kappa shape index (κ1) is 18.4. The maximum atomic E-state index is 10.5. The van der Waals surface area contributed by atoms with Crippen molar-refractivity contribution in [3.8, 4) is 0 Å². The van der Waals surface area contributed by atoms with Crippen molar-refractivity contribution in [3.05, 3.63) is 35.4 Å². The summed E-state index contributed by atoms with van der Waals surface area (Å²) >= 11 is 6.04. The van der Waals surface area contributed by atoms with Gasteiger partial charge in [0.1, 0.15) is 5.82 Å². The number of anilines is 1. The van der Waals surface area contributed by atoms with Crippen molar-refractivity contribution < 1.29 is 14.9 Å². The molecule has 2 atom stereocenters. The van der Waals surface area contributed by atoms with Gasteiger partial charge in [0.25, 0.3) is 0 Å². The van der Waals surface area contributed by atoms with Crippen LogP contribution < -0.4 is 4.90 Å². The predicted molar refractivity (Wildman–Crippen MR) is 100 cm³/mol. The lowest BCUT2D eigenvalue weighted by Crippen LogP contribution is -2.54. The van der Waals surface area contributed by atoms with Crippen LogP contribution in [0.25, 0.3) is 10.9 Å². The minimum atomic E-state index is -0.534. The Bertz CT molecular complexity index is 727. The first-order valence-electron chi connectivity index (χ1n) is 8.67. The number of fused-ring (bicyclic) bond motifs is 1. The molecule has 1 aromatic heterocycles. The number of halogens is 1. The first-order chi connectivity index (χ1) is 12.1. The van der Waals surface area contributed by atoms with E-state index >= 15 is 0 Å². The van der Waals surface area contributed by atoms with Crippen LogP contribution in [-0.4, -0.2) is 54.7 Å². The molecule has 0 unspecified atom stereocenters. The van der Waals surface area contributed by atoms with E-state index in [0.29, 0.717) is 24.6 Å². The van der Waals surface area contributed by atoms with Gasteiger partial charge in [-0.05, 0) is 49.6 Å². The standard InChI is InChI=1S/C19H25ClN2O3/c1-25-10-2-8-19(13-23)12-22(9-7-17(19)24)18-6-3-14-11-15(20)4-5-16(14)21-18/h3-6,11,17,23-24H,2,7-10,12-13H2,1H3/t17-,19+/m1/s1. The number of rotatable bonds is 6. The molecule has 2 aromatic rings. The second-order valence-electron chi connectivity index (χ2n) is 6.85. The third-order valence-corrected chi connectivity index (χ3v) is 5.42. The molecule has 2 heterocycles. The van der Waals surface area contributed by atoms with Crippen LogP contribution in [0.4, 0.5) is 5.82 Å². The number of hydrogen-bond donors (Lipinski definition) is 2. The molecular formula is C19H25ClN2O3. The molecule has 1 fully saturated rings. The van der Waals surface area contributed by atoms with E-state index in [0.717, 1.165) is 36.1 Å². The van der Waals surface area contributed by atoms with Crippen molar-refractivity contribution >= 4 is 28.3 Å². The highest BCUT2D eigenvalue weighted by Gasteiger charge is 2.42. The summed E-state index contributed by atoms with van der Waals surface area (Å²) in [6.45, 7) is 1.89.